The zero-order chi connectivity index (χ0) is 20.7. The van der Waals surface area contributed by atoms with E-state index in [9.17, 15) is 4.79 Å². The number of hydrogen-bond donors (Lipinski definition) is 1. The lowest BCUT2D eigenvalue weighted by Crippen LogP contribution is -2.33. The van der Waals surface area contributed by atoms with Crippen LogP contribution in [0.5, 0.6) is 5.75 Å². The Labute approximate surface area is 174 Å². The molecule has 1 unspecified atom stereocenters. The lowest BCUT2D eigenvalue weighted by molar-refractivity contribution is 0.0937. The molecule has 4 nitrogen and oxygen atoms in total. The first kappa shape index (κ1) is 21.4. The third-order valence-electron chi connectivity index (χ3n) is 6.00. The molecule has 0 heterocycles. The molecule has 0 aliphatic heterocycles. The summed E-state index contributed by atoms with van der Waals surface area (Å²) in [4.78, 5) is 12.5. The zero-order valence-corrected chi connectivity index (χ0v) is 17.9. The summed E-state index contributed by atoms with van der Waals surface area (Å²) in [7, 11) is 0. The van der Waals surface area contributed by atoms with Crippen LogP contribution in [0.3, 0.4) is 0 Å². The van der Waals surface area contributed by atoms with Gasteiger partial charge in [0.05, 0.1) is 6.61 Å². The lowest BCUT2D eigenvalue weighted by atomic mass is 9.82. The minimum atomic E-state index is 0.00672. The first-order valence-electron chi connectivity index (χ1n) is 10.7. The Morgan fingerprint density at radius 2 is 1.90 bits per heavy atom. The van der Waals surface area contributed by atoms with Crippen LogP contribution in [0.25, 0.3) is 11.1 Å². The van der Waals surface area contributed by atoms with Crippen LogP contribution in [0, 0.1) is 11.3 Å². The molecule has 0 radical (unpaired) electrons. The van der Waals surface area contributed by atoms with Crippen molar-refractivity contribution >= 4 is 5.91 Å². The Hall–Kier alpha value is -2.33. The Bertz CT molecular complexity index is 798. The first-order chi connectivity index (χ1) is 14.0. The molecular weight excluding hydrogens is 362 g/mol. The molecule has 1 fully saturated rings. The van der Waals surface area contributed by atoms with Crippen molar-refractivity contribution in [1.82, 2.24) is 5.32 Å². The lowest BCUT2D eigenvalue weighted by Gasteiger charge is -2.27. The van der Waals surface area contributed by atoms with E-state index in [-0.39, 0.29) is 5.91 Å². The topological polar surface area (TPSA) is 47.6 Å². The molecule has 0 bridgehead atoms. The summed E-state index contributed by atoms with van der Waals surface area (Å²) < 4.78 is 11.0. The quantitative estimate of drug-likeness (QED) is 0.584. The third-order valence-corrected chi connectivity index (χ3v) is 6.00. The van der Waals surface area contributed by atoms with E-state index in [0.717, 1.165) is 23.4 Å². The summed E-state index contributed by atoms with van der Waals surface area (Å²) in [6.07, 6.45) is 3.71. The van der Waals surface area contributed by atoms with E-state index < -0.39 is 0 Å². The summed E-state index contributed by atoms with van der Waals surface area (Å²) in [5.41, 5.74) is 3.16. The van der Waals surface area contributed by atoms with Crippen molar-refractivity contribution in [3.8, 4) is 16.9 Å². The highest BCUT2D eigenvalue weighted by molar-refractivity contribution is 5.94. The summed E-state index contributed by atoms with van der Waals surface area (Å²) in [6, 6.07) is 15.8. The fraction of sp³-hybridized carbons (Fsp3) is 0.480. The molecule has 1 aliphatic rings. The van der Waals surface area contributed by atoms with Crippen LogP contribution in [0.2, 0.25) is 0 Å². The van der Waals surface area contributed by atoms with Gasteiger partial charge in [0.1, 0.15) is 12.4 Å². The molecule has 0 saturated heterocycles. The first-order valence-corrected chi connectivity index (χ1v) is 10.7. The molecule has 1 atom stereocenters. The van der Waals surface area contributed by atoms with Crippen molar-refractivity contribution in [2.24, 2.45) is 11.3 Å². The molecule has 1 amide bonds. The monoisotopic (exact) mass is 395 g/mol. The van der Waals surface area contributed by atoms with Crippen LogP contribution >= 0.6 is 0 Å². The molecule has 4 heteroatoms. The summed E-state index contributed by atoms with van der Waals surface area (Å²) in [5, 5.41) is 3.13. The largest absolute Gasteiger partial charge is 0.491 e. The highest BCUT2D eigenvalue weighted by Gasteiger charge is 2.34. The Morgan fingerprint density at radius 1 is 1.10 bits per heavy atom. The molecule has 0 aromatic heterocycles. The van der Waals surface area contributed by atoms with Crippen molar-refractivity contribution in [3.05, 3.63) is 54.1 Å². The van der Waals surface area contributed by atoms with Gasteiger partial charge in [0, 0.05) is 18.7 Å². The van der Waals surface area contributed by atoms with Crippen LogP contribution in [-0.2, 0) is 4.74 Å². The van der Waals surface area contributed by atoms with Gasteiger partial charge in [0.25, 0.3) is 5.91 Å². The van der Waals surface area contributed by atoms with Crippen molar-refractivity contribution in [2.75, 3.05) is 26.4 Å². The number of carbonyl (C=O) groups is 1. The van der Waals surface area contributed by atoms with Gasteiger partial charge >= 0.3 is 0 Å². The normalized spacial score (nSPS) is 17.8. The summed E-state index contributed by atoms with van der Waals surface area (Å²) in [5.74, 6) is 1.40. The highest BCUT2D eigenvalue weighted by Crippen LogP contribution is 2.42. The van der Waals surface area contributed by atoms with Crippen molar-refractivity contribution in [3.63, 3.8) is 0 Å². The number of amides is 1. The van der Waals surface area contributed by atoms with Crippen molar-refractivity contribution in [2.45, 2.75) is 40.0 Å². The molecule has 1 N–H and O–H groups in total. The Kier molecular flexibility index (Phi) is 7.32. The summed E-state index contributed by atoms with van der Waals surface area (Å²) in [6.45, 7) is 9.16. The van der Waals surface area contributed by atoms with Crippen molar-refractivity contribution in [1.29, 1.82) is 0 Å². The van der Waals surface area contributed by atoms with Gasteiger partial charge in [-0.05, 0) is 66.5 Å². The smallest absolute Gasteiger partial charge is 0.251 e. The van der Waals surface area contributed by atoms with Gasteiger partial charge in [-0.2, -0.15) is 0 Å². The number of nitrogens with one attached hydrogen (secondary N) is 1. The van der Waals surface area contributed by atoms with Gasteiger partial charge in [-0.25, -0.2) is 0 Å². The number of ether oxygens (including phenoxy) is 2. The van der Waals surface area contributed by atoms with Crippen LogP contribution in [-0.4, -0.2) is 32.3 Å². The van der Waals surface area contributed by atoms with E-state index in [1.165, 1.54) is 19.3 Å². The SMILES string of the molecule is CCOCCOc1cccc(-c2ccc(C(=O)NCC3CCCC3(C)C)cc2)c1. The van der Waals surface area contributed by atoms with Gasteiger partial charge in [0.15, 0.2) is 0 Å². The highest BCUT2D eigenvalue weighted by atomic mass is 16.5. The average Bonchev–Trinajstić information content (AvgIpc) is 3.08. The summed E-state index contributed by atoms with van der Waals surface area (Å²) >= 11 is 0. The Balaban J connectivity index is 1.57. The van der Waals surface area contributed by atoms with E-state index >= 15 is 0 Å². The number of rotatable bonds is 9. The maximum absolute atomic E-state index is 12.5. The second kappa shape index (κ2) is 9.93. The molecule has 3 rings (SSSR count). The maximum Gasteiger partial charge on any atom is 0.251 e. The van der Waals surface area contributed by atoms with Crippen LogP contribution in [0.1, 0.15) is 50.4 Å². The molecule has 0 spiro atoms. The molecular formula is C25H33NO3. The molecule has 2 aromatic rings. The van der Waals surface area contributed by atoms with Crippen LogP contribution in [0.15, 0.2) is 48.5 Å². The number of carbonyl (C=O) groups excluding carboxylic acids is 1. The molecule has 1 saturated carbocycles. The van der Waals surface area contributed by atoms with Gasteiger partial charge in [-0.15, -0.1) is 0 Å². The second-order valence-corrected chi connectivity index (χ2v) is 8.44. The average molecular weight is 396 g/mol. The van der Waals surface area contributed by atoms with Gasteiger partial charge in [0.2, 0.25) is 0 Å². The molecule has 29 heavy (non-hydrogen) atoms. The van der Waals surface area contributed by atoms with E-state index in [4.69, 9.17) is 9.47 Å². The van der Waals surface area contributed by atoms with Crippen LogP contribution < -0.4 is 10.1 Å². The number of hydrogen-bond acceptors (Lipinski definition) is 3. The Morgan fingerprint density at radius 3 is 2.59 bits per heavy atom. The minimum Gasteiger partial charge on any atom is -0.491 e. The maximum atomic E-state index is 12.5. The molecule has 2 aromatic carbocycles. The van der Waals surface area contributed by atoms with Crippen molar-refractivity contribution < 1.29 is 14.3 Å². The fourth-order valence-electron chi connectivity index (χ4n) is 4.04. The number of benzene rings is 2. The molecule has 1 aliphatic carbocycles. The third kappa shape index (κ3) is 5.83. The van der Waals surface area contributed by atoms with Gasteiger partial charge < -0.3 is 14.8 Å². The van der Waals surface area contributed by atoms with E-state index in [1.807, 2.05) is 55.5 Å². The zero-order valence-electron chi connectivity index (χ0n) is 17.9. The van der Waals surface area contributed by atoms with E-state index in [0.29, 0.717) is 36.7 Å². The van der Waals surface area contributed by atoms with Gasteiger partial charge in [-0.3, -0.25) is 4.79 Å². The predicted molar refractivity (Wildman–Crippen MR) is 117 cm³/mol. The standard InChI is InChI=1S/C25H33NO3/c1-4-28-15-16-29-23-9-5-7-21(17-23)19-10-12-20(13-11-19)24(27)26-18-22-8-6-14-25(22,2)3/h5,7,9-13,17,22H,4,6,8,14-16,18H2,1-3H3,(H,26,27). The molecule has 156 valence electrons. The van der Waals surface area contributed by atoms with Crippen LogP contribution in [0.4, 0.5) is 0 Å². The predicted octanol–water partition coefficient (Wildman–Crippen LogP) is 5.33. The minimum absolute atomic E-state index is 0.00672. The van der Waals surface area contributed by atoms with Gasteiger partial charge in [-0.1, -0.05) is 44.5 Å². The second-order valence-electron chi connectivity index (χ2n) is 8.44. The fourth-order valence-corrected chi connectivity index (χ4v) is 4.04. The van der Waals surface area contributed by atoms with E-state index in [2.05, 4.69) is 19.2 Å². The van der Waals surface area contributed by atoms with E-state index in [1.54, 1.807) is 0 Å².